The van der Waals surface area contributed by atoms with Gasteiger partial charge >= 0.3 is 13.4 Å². The van der Waals surface area contributed by atoms with Crippen LogP contribution in [0.15, 0.2) is 44.6 Å². The first kappa shape index (κ1) is 26.0. The Hall–Kier alpha value is -3.63. The summed E-state index contributed by atoms with van der Waals surface area (Å²) in [5.41, 5.74) is 4.64. The van der Waals surface area contributed by atoms with Crippen molar-refractivity contribution in [3.63, 3.8) is 0 Å². The Kier molecular flexibility index (Phi) is 6.79. The highest BCUT2D eigenvalue weighted by Crippen LogP contribution is 2.45. The van der Waals surface area contributed by atoms with Crippen molar-refractivity contribution in [1.82, 2.24) is 19.5 Å². The number of imidazole rings is 1. The predicted octanol–water partition coefficient (Wildman–Crippen LogP) is -0.230. The Bertz CT molecular complexity index is 1670. The number of anilines is 1. The van der Waals surface area contributed by atoms with Gasteiger partial charge in [-0.2, -0.15) is 4.98 Å². The fraction of sp³-hybridized carbons (Fsp3) is 0.333. The van der Waals surface area contributed by atoms with E-state index in [1.54, 1.807) is 12.1 Å². The number of rotatable bonds is 8. The average molecular weight is 551 g/mol. The topological polar surface area (TPSA) is 234 Å². The SMILES string of the molecule is COc1ccc2c(COP(=O)(O)OC[C@H]3O[C@@H](n4cnc5c(=O)[nH]c(N)nc54)[C@H](O)[C@@H]3O)cc(=O)oc2c1. The molecule has 3 aromatic heterocycles. The minimum Gasteiger partial charge on any atom is -0.497 e. The number of hydrogen-bond acceptors (Lipinski definition) is 13. The van der Waals surface area contributed by atoms with Gasteiger partial charge in [0.2, 0.25) is 5.95 Å². The first-order valence-electron chi connectivity index (χ1n) is 11.0. The van der Waals surface area contributed by atoms with E-state index in [9.17, 15) is 29.3 Å². The molecule has 1 saturated heterocycles. The summed E-state index contributed by atoms with van der Waals surface area (Å²) in [5.74, 6) is 0.249. The van der Waals surface area contributed by atoms with Gasteiger partial charge in [-0.15, -0.1) is 0 Å². The summed E-state index contributed by atoms with van der Waals surface area (Å²) >= 11 is 0. The standard InChI is InChI=1S/C21H22N5O11P/c1-33-10-2-3-11-9(4-14(27)36-12(11)5-10)6-34-38(31,32)35-7-13-16(28)17(29)20(37-13)26-8-23-15-18(26)24-21(22)25-19(15)30/h2-5,8,13,16-17,20,28-29H,6-7H2,1H3,(H,31,32)(H3,22,24,25,30)/t13-,16-,17-,20-/m1/s1. The van der Waals surface area contributed by atoms with E-state index in [0.717, 1.165) is 6.07 Å². The van der Waals surface area contributed by atoms with E-state index < -0.39 is 56.8 Å². The summed E-state index contributed by atoms with van der Waals surface area (Å²) in [5, 5.41) is 21.4. The third-order valence-electron chi connectivity index (χ3n) is 5.88. The number of nitrogens with two attached hydrogens (primary N) is 1. The number of hydrogen-bond donors (Lipinski definition) is 5. The number of aromatic nitrogens is 4. The molecule has 0 aliphatic carbocycles. The maximum absolute atomic E-state index is 12.5. The number of aliphatic hydroxyl groups excluding tert-OH is 2. The first-order valence-corrected chi connectivity index (χ1v) is 12.5. The van der Waals surface area contributed by atoms with Crippen LogP contribution >= 0.6 is 7.82 Å². The van der Waals surface area contributed by atoms with E-state index in [0.29, 0.717) is 11.1 Å². The molecule has 16 nitrogen and oxygen atoms in total. The van der Waals surface area contributed by atoms with Gasteiger partial charge < -0.3 is 34.7 Å². The average Bonchev–Trinajstić information content (AvgIpc) is 3.41. The molecule has 5 atom stereocenters. The molecule has 38 heavy (non-hydrogen) atoms. The molecule has 1 aliphatic heterocycles. The number of benzene rings is 1. The second-order valence-electron chi connectivity index (χ2n) is 8.31. The Labute approximate surface area is 211 Å². The number of phosphoric acid groups is 1. The normalized spacial score (nSPS) is 23.2. The highest BCUT2D eigenvalue weighted by molar-refractivity contribution is 7.47. The second kappa shape index (κ2) is 9.92. The zero-order chi connectivity index (χ0) is 27.2. The number of nitrogens with zero attached hydrogens (tertiary/aromatic N) is 3. The molecular weight excluding hydrogens is 529 g/mol. The molecule has 1 aliphatic rings. The molecule has 1 fully saturated rings. The Morgan fingerprint density at radius 3 is 2.76 bits per heavy atom. The van der Waals surface area contributed by atoms with Crippen LogP contribution in [0.3, 0.4) is 0 Å². The molecule has 0 spiro atoms. The number of H-pyrrole nitrogens is 1. The van der Waals surface area contributed by atoms with Gasteiger partial charge in [0.05, 0.1) is 26.7 Å². The predicted molar refractivity (Wildman–Crippen MR) is 128 cm³/mol. The first-order chi connectivity index (χ1) is 18.1. The second-order valence-corrected chi connectivity index (χ2v) is 9.77. The summed E-state index contributed by atoms with van der Waals surface area (Å²) in [7, 11) is -3.27. The van der Waals surface area contributed by atoms with Gasteiger partial charge in [-0.05, 0) is 17.7 Å². The minimum absolute atomic E-state index is 0.00239. The van der Waals surface area contributed by atoms with Crippen LogP contribution < -0.4 is 21.7 Å². The van der Waals surface area contributed by atoms with Crippen LogP contribution in [0.4, 0.5) is 5.95 Å². The molecule has 6 N–H and O–H groups in total. The summed E-state index contributed by atoms with van der Waals surface area (Å²) in [4.78, 5) is 44.3. The Morgan fingerprint density at radius 2 is 2.00 bits per heavy atom. The van der Waals surface area contributed by atoms with Gasteiger partial charge in [0.15, 0.2) is 17.4 Å². The van der Waals surface area contributed by atoms with Gasteiger partial charge in [0, 0.05) is 17.5 Å². The lowest BCUT2D eigenvalue weighted by molar-refractivity contribution is -0.0516. The molecule has 5 rings (SSSR count). The Balaban J connectivity index is 1.27. The molecule has 4 aromatic rings. The molecule has 0 radical (unpaired) electrons. The lowest BCUT2D eigenvalue weighted by Gasteiger charge is -2.18. The maximum Gasteiger partial charge on any atom is 0.472 e. The van der Waals surface area contributed by atoms with Crippen LogP contribution in [-0.4, -0.2) is 66.7 Å². The molecular formula is C21H22N5O11P. The lowest BCUT2D eigenvalue weighted by atomic mass is 10.1. The molecule has 0 amide bonds. The number of methoxy groups -OCH3 is 1. The number of fused-ring (bicyclic) bond motifs is 2. The van der Waals surface area contributed by atoms with Crippen molar-refractivity contribution in [1.29, 1.82) is 0 Å². The number of phosphoric ester groups is 1. The van der Waals surface area contributed by atoms with E-state index in [1.807, 2.05) is 0 Å². The Morgan fingerprint density at radius 1 is 1.21 bits per heavy atom. The maximum atomic E-state index is 12.5. The van der Waals surface area contributed by atoms with Crippen molar-refractivity contribution in [2.45, 2.75) is 31.1 Å². The van der Waals surface area contributed by atoms with Gasteiger partial charge in [0.1, 0.15) is 29.6 Å². The minimum atomic E-state index is -4.72. The summed E-state index contributed by atoms with van der Waals surface area (Å²) in [6, 6.07) is 5.81. The van der Waals surface area contributed by atoms with E-state index in [4.69, 9.17) is 28.7 Å². The molecule has 17 heteroatoms. The van der Waals surface area contributed by atoms with Crippen LogP contribution in [0.25, 0.3) is 22.1 Å². The molecule has 0 bridgehead atoms. The van der Waals surface area contributed by atoms with E-state index in [-0.39, 0.29) is 28.3 Å². The number of nitrogen functional groups attached to an aromatic ring is 1. The molecule has 1 unspecified atom stereocenters. The van der Waals surface area contributed by atoms with Gasteiger partial charge in [0.25, 0.3) is 5.56 Å². The quantitative estimate of drug-likeness (QED) is 0.141. The van der Waals surface area contributed by atoms with Crippen molar-refractivity contribution in [2.75, 3.05) is 19.5 Å². The number of aromatic amines is 1. The molecule has 4 heterocycles. The monoisotopic (exact) mass is 551 g/mol. The van der Waals surface area contributed by atoms with Gasteiger partial charge in [-0.3, -0.25) is 23.4 Å². The summed E-state index contributed by atoms with van der Waals surface area (Å²) in [6.07, 6.45) is -4.44. The van der Waals surface area contributed by atoms with Crippen LogP contribution in [-0.2, 0) is 25.0 Å². The van der Waals surface area contributed by atoms with Gasteiger partial charge in [-0.1, -0.05) is 0 Å². The fourth-order valence-corrected chi connectivity index (χ4v) is 4.75. The zero-order valence-electron chi connectivity index (χ0n) is 19.6. The van der Waals surface area contributed by atoms with E-state index in [2.05, 4.69) is 15.0 Å². The molecule has 202 valence electrons. The fourth-order valence-electron chi connectivity index (χ4n) is 4.04. The highest BCUT2D eigenvalue weighted by Gasteiger charge is 2.45. The van der Waals surface area contributed by atoms with Crippen LogP contribution in [0.5, 0.6) is 5.75 Å². The number of aliphatic hydroxyl groups is 2. The van der Waals surface area contributed by atoms with Gasteiger partial charge in [-0.25, -0.2) is 14.3 Å². The lowest BCUT2D eigenvalue weighted by Crippen LogP contribution is -2.33. The molecule has 1 aromatic carbocycles. The summed E-state index contributed by atoms with van der Waals surface area (Å²) in [6.45, 7) is -1.13. The van der Waals surface area contributed by atoms with Crippen LogP contribution in [0.2, 0.25) is 0 Å². The smallest absolute Gasteiger partial charge is 0.472 e. The van der Waals surface area contributed by atoms with Crippen LogP contribution in [0.1, 0.15) is 11.8 Å². The van der Waals surface area contributed by atoms with Crippen molar-refractivity contribution in [3.05, 3.63) is 56.9 Å². The van der Waals surface area contributed by atoms with Crippen LogP contribution in [0, 0.1) is 0 Å². The van der Waals surface area contributed by atoms with Crippen molar-refractivity contribution in [2.24, 2.45) is 0 Å². The molecule has 0 saturated carbocycles. The number of ether oxygens (including phenoxy) is 2. The highest BCUT2D eigenvalue weighted by atomic mass is 31.2. The summed E-state index contributed by atoms with van der Waals surface area (Å²) < 4.78 is 39.6. The third kappa shape index (κ3) is 4.93. The number of nitrogens with one attached hydrogen (secondary N) is 1. The largest absolute Gasteiger partial charge is 0.497 e. The van der Waals surface area contributed by atoms with E-state index >= 15 is 0 Å². The third-order valence-corrected chi connectivity index (χ3v) is 6.82. The zero-order valence-corrected chi connectivity index (χ0v) is 20.5. The van der Waals surface area contributed by atoms with E-state index in [1.165, 1.54) is 24.1 Å². The van der Waals surface area contributed by atoms with Crippen molar-refractivity contribution < 1.29 is 42.6 Å². The van der Waals surface area contributed by atoms with Crippen molar-refractivity contribution >= 4 is 35.9 Å². The van der Waals surface area contributed by atoms with Crippen molar-refractivity contribution in [3.8, 4) is 5.75 Å².